The van der Waals surface area contributed by atoms with E-state index < -0.39 is 0 Å². The van der Waals surface area contributed by atoms with E-state index in [2.05, 4.69) is 43.1 Å². The van der Waals surface area contributed by atoms with Crippen molar-refractivity contribution in [3.8, 4) is 0 Å². The maximum Gasteiger partial charge on any atom is 0.152 e. The first kappa shape index (κ1) is 13.5. The highest BCUT2D eigenvalue weighted by Crippen LogP contribution is 2.07. The zero-order valence-corrected chi connectivity index (χ0v) is 11.6. The number of carbonyl (C=O) groups excluding carboxylic acids is 1. The number of aromatic nitrogens is 2. The van der Waals surface area contributed by atoms with Gasteiger partial charge in [0.1, 0.15) is 0 Å². The van der Waals surface area contributed by atoms with E-state index in [1.165, 1.54) is 11.1 Å². The zero-order valence-electron chi connectivity index (χ0n) is 11.6. The number of aryl methyl sites for hydroxylation is 3. The number of hydrogen-bond acceptors (Lipinski definition) is 2. The first-order chi connectivity index (χ1) is 9.19. The van der Waals surface area contributed by atoms with Gasteiger partial charge >= 0.3 is 0 Å². The molecule has 0 saturated heterocycles. The van der Waals surface area contributed by atoms with Crippen LogP contribution in [0.15, 0.2) is 36.8 Å². The van der Waals surface area contributed by atoms with Crippen LogP contribution in [0.5, 0.6) is 0 Å². The summed E-state index contributed by atoms with van der Waals surface area (Å²) in [6.45, 7) is 4.58. The van der Waals surface area contributed by atoms with Gasteiger partial charge in [-0.1, -0.05) is 36.8 Å². The molecule has 0 amide bonds. The van der Waals surface area contributed by atoms with Crippen molar-refractivity contribution >= 4 is 5.78 Å². The maximum absolute atomic E-state index is 12.0. The quantitative estimate of drug-likeness (QED) is 0.796. The van der Waals surface area contributed by atoms with E-state index in [4.69, 9.17) is 0 Å². The van der Waals surface area contributed by atoms with Gasteiger partial charge in [0, 0.05) is 18.3 Å². The summed E-state index contributed by atoms with van der Waals surface area (Å²) in [5.74, 6) is 0.258. The fraction of sp³-hybridized carbons (Fsp3) is 0.375. The molecule has 0 aliphatic rings. The molecule has 3 heteroatoms. The molecule has 0 aliphatic heterocycles. The van der Waals surface area contributed by atoms with Gasteiger partial charge in [-0.2, -0.15) is 0 Å². The Balaban J connectivity index is 1.86. The third kappa shape index (κ3) is 3.78. The number of hydrogen-bond donors (Lipinski definition) is 0. The van der Waals surface area contributed by atoms with Crippen LogP contribution in [0.3, 0.4) is 0 Å². The Hall–Kier alpha value is -1.90. The highest BCUT2D eigenvalue weighted by atomic mass is 16.1. The van der Waals surface area contributed by atoms with Crippen LogP contribution in [0.2, 0.25) is 0 Å². The molecular weight excluding hydrogens is 236 g/mol. The van der Waals surface area contributed by atoms with Gasteiger partial charge in [0.05, 0.1) is 12.9 Å². The lowest BCUT2D eigenvalue weighted by Crippen LogP contribution is -2.12. The molecular formula is C16H20N2O. The number of benzene rings is 1. The number of imidazole rings is 1. The van der Waals surface area contributed by atoms with Gasteiger partial charge in [-0.05, 0) is 25.3 Å². The van der Waals surface area contributed by atoms with Crippen molar-refractivity contribution in [1.82, 2.24) is 9.55 Å². The first-order valence-electron chi connectivity index (χ1n) is 6.75. The van der Waals surface area contributed by atoms with Crippen LogP contribution in [0.1, 0.15) is 30.2 Å². The highest BCUT2D eigenvalue weighted by molar-refractivity contribution is 5.78. The number of rotatable bonds is 6. The van der Waals surface area contributed by atoms with Gasteiger partial charge in [0.2, 0.25) is 0 Å². The van der Waals surface area contributed by atoms with Crippen LogP contribution < -0.4 is 0 Å². The van der Waals surface area contributed by atoms with Gasteiger partial charge < -0.3 is 4.57 Å². The molecule has 0 saturated carbocycles. The van der Waals surface area contributed by atoms with Crippen LogP contribution >= 0.6 is 0 Å². The van der Waals surface area contributed by atoms with E-state index >= 15 is 0 Å². The van der Waals surface area contributed by atoms with Crippen LogP contribution in [-0.4, -0.2) is 15.3 Å². The minimum Gasteiger partial charge on any atom is -0.327 e. The SMILES string of the molecule is CCc1cncn1CC(=O)CCc1ccc(C)cc1. The van der Waals surface area contributed by atoms with Crippen molar-refractivity contribution in [2.75, 3.05) is 0 Å². The lowest BCUT2D eigenvalue weighted by atomic mass is 10.1. The normalized spacial score (nSPS) is 10.6. The topological polar surface area (TPSA) is 34.9 Å². The van der Waals surface area contributed by atoms with Crippen LogP contribution in [-0.2, 0) is 24.2 Å². The molecule has 1 aromatic carbocycles. The molecule has 0 atom stereocenters. The second-order valence-electron chi connectivity index (χ2n) is 4.89. The Kier molecular flexibility index (Phi) is 4.50. The smallest absolute Gasteiger partial charge is 0.152 e. The average Bonchev–Trinajstić information content (AvgIpc) is 2.85. The van der Waals surface area contributed by atoms with Gasteiger partial charge in [0.15, 0.2) is 5.78 Å². The molecule has 0 fully saturated rings. The highest BCUT2D eigenvalue weighted by Gasteiger charge is 2.06. The number of ketones is 1. The van der Waals surface area contributed by atoms with Crippen molar-refractivity contribution in [3.05, 3.63) is 53.6 Å². The van der Waals surface area contributed by atoms with Crippen molar-refractivity contribution in [2.24, 2.45) is 0 Å². The first-order valence-corrected chi connectivity index (χ1v) is 6.75. The number of Topliss-reactive ketones (excluding diaryl/α,β-unsaturated/α-hetero) is 1. The molecule has 100 valence electrons. The lowest BCUT2D eigenvalue weighted by molar-refractivity contribution is -0.119. The summed E-state index contributed by atoms with van der Waals surface area (Å²) < 4.78 is 1.94. The zero-order chi connectivity index (χ0) is 13.7. The number of carbonyl (C=O) groups is 1. The molecule has 3 nitrogen and oxygen atoms in total. The van der Waals surface area contributed by atoms with Crippen LogP contribution in [0.4, 0.5) is 0 Å². The van der Waals surface area contributed by atoms with Crippen LogP contribution in [0.25, 0.3) is 0 Å². The minimum atomic E-state index is 0.258. The molecule has 0 aliphatic carbocycles. The van der Waals surface area contributed by atoms with Gasteiger partial charge in [-0.15, -0.1) is 0 Å². The summed E-state index contributed by atoms with van der Waals surface area (Å²) >= 11 is 0. The summed E-state index contributed by atoms with van der Waals surface area (Å²) in [7, 11) is 0. The van der Waals surface area contributed by atoms with E-state index in [1.807, 2.05) is 10.8 Å². The molecule has 0 unspecified atom stereocenters. The largest absolute Gasteiger partial charge is 0.327 e. The predicted molar refractivity (Wildman–Crippen MR) is 76.1 cm³/mol. The van der Waals surface area contributed by atoms with Gasteiger partial charge in [0.25, 0.3) is 0 Å². The monoisotopic (exact) mass is 256 g/mol. The fourth-order valence-corrected chi connectivity index (χ4v) is 2.09. The Labute approximate surface area is 114 Å². The van der Waals surface area contributed by atoms with E-state index in [0.29, 0.717) is 13.0 Å². The molecule has 1 aromatic heterocycles. The Morgan fingerprint density at radius 3 is 2.68 bits per heavy atom. The summed E-state index contributed by atoms with van der Waals surface area (Å²) in [4.78, 5) is 16.1. The van der Waals surface area contributed by atoms with Crippen molar-refractivity contribution < 1.29 is 4.79 Å². The molecule has 0 bridgehead atoms. The van der Waals surface area contributed by atoms with Crippen LogP contribution in [0, 0.1) is 6.92 Å². The molecule has 0 radical (unpaired) electrons. The Bertz CT molecular complexity index is 540. The summed E-state index contributed by atoms with van der Waals surface area (Å²) in [6, 6.07) is 8.37. The second-order valence-corrected chi connectivity index (χ2v) is 4.89. The molecule has 1 heterocycles. The molecule has 2 aromatic rings. The van der Waals surface area contributed by atoms with Crippen molar-refractivity contribution in [3.63, 3.8) is 0 Å². The average molecular weight is 256 g/mol. The second kappa shape index (κ2) is 6.32. The summed E-state index contributed by atoms with van der Waals surface area (Å²) in [5, 5.41) is 0. The lowest BCUT2D eigenvalue weighted by Gasteiger charge is -2.06. The number of nitrogens with zero attached hydrogens (tertiary/aromatic N) is 2. The third-order valence-electron chi connectivity index (χ3n) is 3.32. The van der Waals surface area contributed by atoms with Crippen molar-refractivity contribution in [1.29, 1.82) is 0 Å². The van der Waals surface area contributed by atoms with Gasteiger partial charge in [-0.25, -0.2) is 4.98 Å². The molecule has 2 rings (SSSR count). The molecule has 0 spiro atoms. The van der Waals surface area contributed by atoms with Gasteiger partial charge in [-0.3, -0.25) is 4.79 Å². The standard InChI is InChI=1S/C16H20N2O/c1-3-15-10-17-12-18(15)11-16(19)9-8-14-6-4-13(2)5-7-14/h4-7,10,12H,3,8-9,11H2,1-2H3. The van der Waals surface area contributed by atoms with E-state index in [0.717, 1.165) is 18.5 Å². The Morgan fingerprint density at radius 2 is 2.00 bits per heavy atom. The molecule has 19 heavy (non-hydrogen) atoms. The third-order valence-corrected chi connectivity index (χ3v) is 3.32. The summed E-state index contributed by atoms with van der Waals surface area (Å²) in [6.07, 6.45) is 5.88. The summed E-state index contributed by atoms with van der Waals surface area (Å²) in [5.41, 5.74) is 3.59. The predicted octanol–water partition coefficient (Wildman–Crippen LogP) is 2.96. The van der Waals surface area contributed by atoms with E-state index in [9.17, 15) is 4.79 Å². The van der Waals surface area contributed by atoms with E-state index in [1.54, 1.807) is 6.33 Å². The Morgan fingerprint density at radius 1 is 1.26 bits per heavy atom. The maximum atomic E-state index is 12.0. The fourth-order valence-electron chi connectivity index (χ4n) is 2.09. The van der Waals surface area contributed by atoms with Crippen molar-refractivity contribution in [2.45, 2.75) is 39.7 Å². The molecule has 0 N–H and O–H groups in total. The van der Waals surface area contributed by atoms with E-state index in [-0.39, 0.29) is 5.78 Å². The minimum absolute atomic E-state index is 0.258.